The predicted octanol–water partition coefficient (Wildman–Crippen LogP) is 2.04. The summed E-state index contributed by atoms with van der Waals surface area (Å²) < 4.78 is 0. The van der Waals surface area contributed by atoms with Crippen molar-refractivity contribution in [3.8, 4) is 0 Å². The third kappa shape index (κ3) is 4.84. The first-order valence-corrected chi connectivity index (χ1v) is 6.40. The highest BCUT2D eigenvalue weighted by atomic mass is 16.2. The minimum atomic E-state index is -0.146. The molecule has 1 rings (SSSR count). The smallest absolute Gasteiger partial charge is 0.234 e. The van der Waals surface area contributed by atoms with Crippen LogP contribution in [0, 0.1) is 0 Å². The van der Waals surface area contributed by atoms with Crippen LogP contribution in [-0.2, 0) is 4.79 Å². The van der Waals surface area contributed by atoms with Gasteiger partial charge in [-0.05, 0) is 39.3 Å². The minimum absolute atomic E-state index is 0.0182. The van der Waals surface area contributed by atoms with Crippen molar-refractivity contribution in [2.75, 3.05) is 6.54 Å². The van der Waals surface area contributed by atoms with Gasteiger partial charge in [0.2, 0.25) is 5.91 Å². The Morgan fingerprint density at radius 2 is 2.17 bits per heavy atom. The molecule has 0 aliphatic heterocycles. The molecule has 1 atom stereocenters. The number of rotatable bonds is 6. The first-order chi connectivity index (χ1) is 8.44. The van der Waals surface area contributed by atoms with Crippen LogP contribution < -0.4 is 10.6 Å². The number of hydrogen-bond donors (Lipinski definition) is 2. The highest BCUT2D eigenvalue weighted by Gasteiger charge is 2.18. The fourth-order valence-corrected chi connectivity index (χ4v) is 1.49. The average molecular weight is 249 g/mol. The molecule has 2 N–H and O–H groups in total. The first-order valence-electron chi connectivity index (χ1n) is 6.40. The van der Waals surface area contributed by atoms with Crippen LogP contribution in [0.2, 0.25) is 0 Å². The second kappa shape index (κ2) is 6.50. The topological polar surface area (TPSA) is 54.0 Å². The molecule has 18 heavy (non-hydrogen) atoms. The Kier molecular flexibility index (Phi) is 5.28. The van der Waals surface area contributed by atoms with Crippen LogP contribution in [0.25, 0.3) is 0 Å². The van der Waals surface area contributed by atoms with Gasteiger partial charge in [0.25, 0.3) is 0 Å². The molecule has 0 saturated heterocycles. The quantitative estimate of drug-likeness (QED) is 0.811. The molecule has 1 unspecified atom stereocenters. The van der Waals surface area contributed by atoms with Gasteiger partial charge in [0.15, 0.2) is 0 Å². The molecule has 4 nitrogen and oxygen atoms in total. The highest BCUT2D eigenvalue weighted by molar-refractivity contribution is 5.78. The predicted molar refractivity (Wildman–Crippen MR) is 73.2 cm³/mol. The molecule has 0 aliphatic carbocycles. The number of nitrogens with zero attached hydrogens (tertiary/aromatic N) is 1. The summed E-state index contributed by atoms with van der Waals surface area (Å²) >= 11 is 0. The Hall–Kier alpha value is -1.42. The van der Waals surface area contributed by atoms with Crippen molar-refractivity contribution in [3.05, 3.63) is 30.1 Å². The second-order valence-electron chi connectivity index (χ2n) is 5.14. The molecule has 1 aromatic heterocycles. The molecule has 0 saturated carbocycles. The van der Waals surface area contributed by atoms with Crippen molar-refractivity contribution in [1.29, 1.82) is 0 Å². The van der Waals surface area contributed by atoms with E-state index in [9.17, 15) is 4.79 Å². The lowest BCUT2D eigenvalue weighted by molar-refractivity contribution is -0.122. The van der Waals surface area contributed by atoms with Gasteiger partial charge in [-0.25, -0.2) is 0 Å². The van der Waals surface area contributed by atoms with Gasteiger partial charge in [-0.2, -0.15) is 0 Å². The summed E-state index contributed by atoms with van der Waals surface area (Å²) in [6.45, 7) is 8.41. The Bertz CT molecular complexity index is 376. The van der Waals surface area contributed by atoms with Gasteiger partial charge in [-0.1, -0.05) is 13.0 Å². The number of carbonyl (C=O) groups excluding carboxylic acids is 1. The third-order valence-corrected chi connectivity index (χ3v) is 3.06. The van der Waals surface area contributed by atoms with E-state index in [1.165, 1.54) is 0 Å². The fraction of sp³-hybridized carbons (Fsp3) is 0.571. The molecule has 4 heteroatoms. The molecule has 0 radical (unpaired) electrons. The number of amides is 1. The van der Waals surface area contributed by atoms with Gasteiger partial charge >= 0.3 is 0 Å². The zero-order valence-electron chi connectivity index (χ0n) is 11.7. The van der Waals surface area contributed by atoms with Gasteiger partial charge in [-0.3, -0.25) is 9.78 Å². The second-order valence-corrected chi connectivity index (χ2v) is 5.14. The van der Waals surface area contributed by atoms with Gasteiger partial charge < -0.3 is 10.6 Å². The zero-order chi connectivity index (χ0) is 13.6. The number of hydrogen-bond acceptors (Lipinski definition) is 3. The van der Waals surface area contributed by atoms with Crippen molar-refractivity contribution >= 4 is 5.91 Å². The molecule has 1 aromatic rings. The van der Waals surface area contributed by atoms with Crippen LogP contribution in [0.4, 0.5) is 0 Å². The van der Waals surface area contributed by atoms with Crippen LogP contribution in [0.1, 0.15) is 45.9 Å². The summed E-state index contributed by atoms with van der Waals surface area (Å²) in [4.78, 5) is 16.0. The van der Waals surface area contributed by atoms with Crippen molar-refractivity contribution < 1.29 is 4.79 Å². The molecule has 0 bridgehead atoms. The lowest BCUT2D eigenvalue weighted by atomic mass is 10.0. The van der Waals surface area contributed by atoms with Crippen molar-refractivity contribution in [2.24, 2.45) is 0 Å². The van der Waals surface area contributed by atoms with Crippen LogP contribution >= 0.6 is 0 Å². The maximum atomic E-state index is 11.8. The monoisotopic (exact) mass is 249 g/mol. The number of aromatic nitrogens is 1. The molecule has 0 spiro atoms. The van der Waals surface area contributed by atoms with E-state index in [4.69, 9.17) is 0 Å². The summed E-state index contributed by atoms with van der Waals surface area (Å²) in [7, 11) is 0. The summed E-state index contributed by atoms with van der Waals surface area (Å²) in [5, 5.41) is 6.16. The van der Waals surface area contributed by atoms with E-state index in [-0.39, 0.29) is 17.5 Å². The summed E-state index contributed by atoms with van der Waals surface area (Å²) in [5.41, 5.74) is 0.799. The molecule has 1 amide bonds. The molecular formula is C14H23N3O. The van der Waals surface area contributed by atoms with E-state index in [1.54, 1.807) is 6.20 Å². The summed E-state index contributed by atoms with van der Waals surface area (Å²) in [6, 6.07) is 5.85. The number of nitrogens with one attached hydrogen (secondary N) is 2. The Morgan fingerprint density at radius 1 is 1.44 bits per heavy atom. The molecule has 1 heterocycles. The summed E-state index contributed by atoms with van der Waals surface area (Å²) in [6.07, 6.45) is 2.67. The van der Waals surface area contributed by atoms with Crippen LogP contribution in [0.5, 0.6) is 0 Å². The van der Waals surface area contributed by atoms with Crippen LogP contribution in [0.3, 0.4) is 0 Å². The van der Waals surface area contributed by atoms with Crippen molar-refractivity contribution in [1.82, 2.24) is 15.6 Å². The molecule has 0 aliphatic rings. The van der Waals surface area contributed by atoms with E-state index in [2.05, 4.69) is 22.5 Å². The maximum Gasteiger partial charge on any atom is 0.234 e. The minimum Gasteiger partial charge on any atom is -0.350 e. The van der Waals surface area contributed by atoms with Gasteiger partial charge in [0.05, 0.1) is 12.2 Å². The number of pyridine rings is 1. The molecular weight excluding hydrogens is 226 g/mol. The Labute approximate surface area is 109 Å². The third-order valence-electron chi connectivity index (χ3n) is 3.06. The number of carbonyl (C=O) groups is 1. The van der Waals surface area contributed by atoms with E-state index < -0.39 is 0 Å². The maximum absolute atomic E-state index is 11.8. The van der Waals surface area contributed by atoms with E-state index in [0.29, 0.717) is 6.54 Å². The SMILES string of the molecule is CCC(C)(C)NC(=O)CNC(C)c1ccccn1. The van der Waals surface area contributed by atoms with E-state index in [1.807, 2.05) is 39.0 Å². The molecule has 100 valence electrons. The Balaban J connectivity index is 2.39. The largest absolute Gasteiger partial charge is 0.350 e. The van der Waals surface area contributed by atoms with Gasteiger partial charge in [0, 0.05) is 17.8 Å². The Morgan fingerprint density at radius 3 is 2.72 bits per heavy atom. The standard InChI is InChI=1S/C14H23N3O/c1-5-14(3,4)17-13(18)10-16-11(2)12-8-6-7-9-15-12/h6-9,11,16H,5,10H2,1-4H3,(H,17,18). The van der Waals surface area contributed by atoms with Crippen molar-refractivity contribution in [3.63, 3.8) is 0 Å². The van der Waals surface area contributed by atoms with E-state index in [0.717, 1.165) is 12.1 Å². The normalized spacial score (nSPS) is 13.1. The zero-order valence-corrected chi connectivity index (χ0v) is 11.7. The highest BCUT2D eigenvalue weighted by Crippen LogP contribution is 2.08. The molecule has 0 fully saturated rings. The fourth-order valence-electron chi connectivity index (χ4n) is 1.49. The lowest BCUT2D eigenvalue weighted by Crippen LogP contribution is -2.46. The van der Waals surface area contributed by atoms with Crippen molar-refractivity contribution in [2.45, 2.75) is 45.7 Å². The first kappa shape index (κ1) is 14.6. The average Bonchev–Trinajstić information content (AvgIpc) is 2.36. The lowest BCUT2D eigenvalue weighted by Gasteiger charge is -2.25. The van der Waals surface area contributed by atoms with Crippen LogP contribution in [-0.4, -0.2) is 23.0 Å². The van der Waals surface area contributed by atoms with Gasteiger partial charge in [-0.15, -0.1) is 0 Å². The summed E-state index contributed by atoms with van der Waals surface area (Å²) in [5.74, 6) is 0.0182. The van der Waals surface area contributed by atoms with E-state index >= 15 is 0 Å². The van der Waals surface area contributed by atoms with Crippen LogP contribution in [0.15, 0.2) is 24.4 Å². The molecule has 0 aromatic carbocycles. The van der Waals surface area contributed by atoms with Gasteiger partial charge in [0.1, 0.15) is 0 Å².